The van der Waals surface area contributed by atoms with Crippen LogP contribution in [0.2, 0.25) is 0 Å². The second-order valence-corrected chi connectivity index (χ2v) is 7.49. The van der Waals surface area contributed by atoms with E-state index in [0.717, 1.165) is 37.0 Å². The van der Waals surface area contributed by atoms with Crippen LogP contribution in [0.25, 0.3) is 0 Å². The van der Waals surface area contributed by atoms with Gasteiger partial charge in [-0.1, -0.05) is 42.5 Å². The van der Waals surface area contributed by atoms with Gasteiger partial charge in [-0.15, -0.1) is 0 Å². The molecule has 0 N–H and O–H groups in total. The average molecular weight is 364 g/mol. The zero-order chi connectivity index (χ0) is 18.6. The van der Waals surface area contributed by atoms with Crippen molar-refractivity contribution in [1.29, 1.82) is 0 Å². The van der Waals surface area contributed by atoms with Gasteiger partial charge in [-0.25, -0.2) is 0 Å². The molecule has 27 heavy (non-hydrogen) atoms. The van der Waals surface area contributed by atoms with Gasteiger partial charge >= 0.3 is 0 Å². The van der Waals surface area contributed by atoms with Crippen LogP contribution in [0.5, 0.6) is 5.75 Å². The van der Waals surface area contributed by atoms with E-state index >= 15 is 0 Å². The summed E-state index contributed by atoms with van der Waals surface area (Å²) in [4.78, 5) is 17.8. The molecule has 4 rings (SSSR count). The first-order chi connectivity index (χ1) is 13.2. The highest BCUT2D eigenvalue weighted by Crippen LogP contribution is 2.33. The third kappa shape index (κ3) is 4.33. The minimum absolute atomic E-state index is 0.149. The fourth-order valence-electron chi connectivity index (χ4n) is 3.98. The molecular formula is C23H28N2O2. The number of amides is 1. The summed E-state index contributed by atoms with van der Waals surface area (Å²) in [5, 5.41) is 0. The summed E-state index contributed by atoms with van der Waals surface area (Å²) < 4.78 is 5.50. The molecule has 1 saturated heterocycles. The summed E-state index contributed by atoms with van der Waals surface area (Å²) in [5.74, 6) is 1.07. The minimum Gasteiger partial charge on any atom is -0.494 e. The largest absolute Gasteiger partial charge is 0.494 e. The Hall–Kier alpha value is -2.33. The van der Waals surface area contributed by atoms with Gasteiger partial charge in [-0.2, -0.15) is 0 Å². The van der Waals surface area contributed by atoms with E-state index in [1.807, 2.05) is 37.3 Å². The molecule has 1 amide bonds. The number of carbonyl (C=O) groups excluding carboxylic acids is 1. The van der Waals surface area contributed by atoms with Crippen molar-refractivity contribution in [3.8, 4) is 5.75 Å². The zero-order valence-electron chi connectivity index (χ0n) is 16.0. The van der Waals surface area contributed by atoms with Gasteiger partial charge in [0.1, 0.15) is 5.75 Å². The van der Waals surface area contributed by atoms with Crippen molar-refractivity contribution < 1.29 is 9.53 Å². The van der Waals surface area contributed by atoms with Gasteiger partial charge in [-0.05, 0) is 43.0 Å². The third-order valence-electron chi connectivity index (χ3n) is 5.57. The summed E-state index contributed by atoms with van der Waals surface area (Å²) in [6.07, 6.45) is 3.06. The molecule has 2 aliphatic rings. The van der Waals surface area contributed by atoms with Crippen molar-refractivity contribution in [2.75, 3.05) is 26.2 Å². The summed E-state index contributed by atoms with van der Waals surface area (Å²) in [6, 6.07) is 19.3. The highest BCUT2D eigenvalue weighted by Gasteiger charge is 2.37. The first kappa shape index (κ1) is 18.1. The third-order valence-corrected chi connectivity index (χ3v) is 5.57. The quantitative estimate of drug-likeness (QED) is 0.784. The molecule has 4 heteroatoms. The molecule has 1 aliphatic carbocycles. The van der Waals surface area contributed by atoms with E-state index in [-0.39, 0.29) is 11.9 Å². The van der Waals surface area contributed by atoms with Gasteiger partial charge in [0, 0.05) is 25.7 Å². The van der Waals surface area contributed by atoms with E-state index in [1.165, 1.54) is 18.4 Å². The Morgan fingerprint density at radius 1 is 1.04 bits per heavy atom. The van der Waals surface area contributed by atoms with Crippen LogP contribution >= 0.6 is 0 Å². The van der Waals surface area contributed by atoms with Gasteiger partial charge in [0.05, 0.1) is 19.1 Å². The van der Waals surface area contributed by atoms with Crippen molar-refractivity contribution in [3.63, 3.8) is 0 Å². The topological polar surface area (TPSA) is 32.8 Å². The van der Waals surface area contributed by atoms with Crippen LogP contribution < -0.4 is 4.74 Å². The van der Waals surface area contributed by atoms with Crippen molar-refractivity contribution in [2.24, 2.45) is 0 Å². The maximum atomic E-state index is 13.1. The molecule has 2 fully saturated rings. The molecule has 0 aromatic heterocycles. The Kier molecular flexibility index (Phi) is 5.44. The Balaban J connectivity index is 1.48. The van der Waals surface area contributed by atoms with E-state index in [2.05, 4.69) is 34.1 Å². The Morgan fingerprint density at radius 2 is 1.78 bits per heavy atom. The van der Waals surface area contributed by atoms with Crippen LogP contribution in [-0.4, -0.2) is 48.0 Å². The first-order valence-corrected chi connectivity index (χ1v) is 10.0. The average Bonchev–Trinajstić information content (AvgIpc) is 3.55. The number of nitrogens with zero attached hydrogens (tertiary/aromatic N) is 2. The normalized spacial score (nSPS) is 20.5. The predicted octanol–water partition coefficient (Wildman–Crippen LogP) is 3.68. The zero-order valence-corrected chi connectivity index (χ0v) is 16.0. The maximum absolute atomic E-state index is 13.1. The molecule has 1 saturated carbocycles. The fourth-order valence-corrected chi connectivity index (χ4v) is 3.98. The molecule has 142 valence electrons. The van der Waals surface area contributed by atoms with Crippen LogP contribution in [0, 0.1) is 0 Å². The summed E-state index contributed by atoms with van der Waals surface area (Å²) >= 11 is 0. The van der Waals surface area contributed by atoms with E-state index in [1.54, 1.807) is 0 Å². The highest BCUT2D eigenvalue weighted by atomic mass is 16.5. The molecule has 1 heterocycles. The lowest BCUT2D eigenvalue weighted by atomic mass is 10.0. The molecule has 1 atom stereocenters. The predicted molar refractivity (Wildman–Crippen MR) is 107 cm³/mol. The van der Waals surface area contributed by atoms with Crippen molar-refractivity contribution in [2.45, 2.75) is 38.3 Å². The minimum atomic E-state index is 0.149. The van der Waals surface area contributed by atoms with Gasteiger partial charge < -0.3 is 9.64 Å². The highest BCUT2D eigenvalue weighted by molar-refractivity contribution is 5.79. The first-order valence-electron chi connectivity index (χ1n) is 10.0. The van der Waals surface area contributed by atoms with Crippen LogP contribution in [0.1, 0.15) is 36.9 Å². The van der Waals surface area contributed by atoms with E-state index < -0.39 is 0 Å². The summed E-state index contributed by atoms with van der Waals surface area (Å²) in [7, 11) is 0. The smallest absolute Gasteiger partial charge is 0.227 e. The van der Waals surface area contributed by atoms with Crippen molar-refractivity contribution in [1.82, 2.24) is 9.80 Å². The van der Waals surface area contributed by atoms with Crippen LogP contribution in [0.4, 0.5) is 0 Å². The number of ether oxygens (including phenoxy) is 1. The van der Waals surface area contributed by atoms with Gasteiger partial charge in [0.2, 0.25) is 5.91 Å². The lowest BCUT2D eigenvalue weighted by molar-refractivity contribution is -0.135. The second kappa shape index (κ2) is 8.13. The molecule has 0 bridgehead atoms. The molecular weight excluding hydrogens is 336 g/mol. The van der Waals surface area contributed by atoms with Crippen LogP contribution in [-0.2, 0) is 11.2 Å². The number of carbonyl (C=O) groups is 1. The molecule has 2 aromatic rings. The lowest BCUT2D eigenvalue weighted by Crippen LogP contribution is -2.51. The monoisotopic (exact) mass is 364 g/mol. The molecule has 0 spiro atoms. The van der Waals surface area contributed by atoms with Gasteiger partial charge in [0.15, 0.2) is 0 Å². The van der Waals surface area contributed by atoms with Crippen LogP contribution in [0.3, 0.4) is 0 Å². The number of hydrogen-bond acceptors (Lipinski definition) is 3. The van der Waals surface area contributed by atoms with E-state index in [0.29, 0.717) is 13.0 Å². The SMILES string of the molecule is CCOc1ccc(CC(=O)N2CCN(C3CC3)CC2c2ccccc2)cc1. The van der Waals surface area contributed by atoms with E-state index in [9.17, 15) is 4.79 Å². The summed E-state index contributed by atoms with van der Waals surface area (Å²) in [6.45, 7) is 5.38. The molecule has 1 unspecified atom stereocenters. The maximum Gasteiger partial charge on any atom is 0.227 e. The Labute approximate surface area is 161 Å². The molecule has 0 radical (unpaired) electrons. The molecule has 1 aliphatic heterocycles. The molecule has 4 nitrogen and oxygen atoms in total. The second-order valence-electron chi connectivity index (χ2n) is 7.49. The molecule has 2 aromatic carbocycles. The standard InChI is InChI=1S/C23H28N2O2/c1-2-27-21-12-8-18(9-13-21)16-23(26)25-15-14-24(20-10-11-20)17-22(25)19-6-4-3-5-7-19/h3-9,12-13,20,22H,2,10-11,14-17H2,1H3. The van der Waals surface area contributed by atoms with Crippen LogP contribution in [0.15, 0.2) is 54.6 Å². The summed E-state index contributed by atoms with van der Waals surface area (Å²) in [5.41, 5.74) is 2.28. The number of rotatable bonds is 6. The Bertz CT molecular complexity index is 756. The van der Waals surface area contributed by atoms with Crippen molar-refractivity contribution >= 4 is 5.91 Å². The lowest BCUT2D eigenvalue weighted by Gasteiger charge is -2.42. The Morgan fingerprint density at radius 3 is 2.44 bits per heavy atom. The van der Waals surface area contributed by atoms with Gasteiger partial charge in [0.25, 0.3) is 0 Å². The van der Waals surface area contributed by atoms with E-state index in [4.69, 9.17) is 4.74 Å². The number of piperazine rings is 1. The van der Waals surface area contributed by atoms with Crippen molar-refractivity contribution in [3.05, 3.63) is 65.7 Å². The van der Waals surface area contributed by atoms with Gasteiger partial charge in [-0.3, -0.25) is 9.69 Å². The fraction of sp³-hybridized carbons (Fsp3) is 0.435. The number of benzene rings is 2. The number of hydrogen-bond donors (Lipinski definition) is 0.